The maximum atomic E-state index is 8.59. The quantitative estimate of drug-likeness (QED) is 0.507. The molecule has 0 aliphatic heterocycles. The minimum Gasteiger partial charge on any atom is -0.198 e. The zero-order valence-electron chi connectivity index (χ0n) is 5.88. The lowest BCUT2D eigenvalue weighted by molar-refractivity contribution is 0.352. The van der Waals surface area contributed by atoms with Gasteiger partial charge >= 0.3 is 0 Å². The molecule has 2 atom stereocenters. The minimum atomic E-state index is 0.0127. The number of rotatable bonds is 0. The summed E-state index contributed by atoms with van der Waals surface area (Å²) >= 11 is 0. The van der Waals surface area contributed by atoms with Crippen LogP contribution >= 0.6 is 0 Å². The van der Waals surface area contributed by atoms with Crippen molar-refractivity contribution in [3.63, 3.8) is 0 Å². The van der Waals surface area contributed by atoms with Crippen LogP contribution in [0.4, 0.5) is 0 Å². The molecule has 0 bridgehead atoms. The van der Waals surface area contributed by atoms with Gasteiger partial charge in [0.05, 0.1) is 24.0 Å². The van der Waals surface area contributed by atoms with Crippen molar-refractivity contribution in [2.75, 3.05) is 0 Å². The molecule has 2 unspecified atom stereocenters. The number of hydrogen-bond donors (Lipinski definition) is 0. The highest BCUT2D eigenvalue weighted by Gasteiger charge is 2.23. The predicted octanol–water partition coefficient (Wildman–Crippen LogP) is 1.84. The van der Waals surface area contributed by atoms with Gasteiger partial charge < -0.3 is 0 Å². The molecule has 0 heterocycles. The molecule has 1 aliphatic carbocycles. The molecule has 1 aliphatic rings. The van der Waals surface area contributed by atoms with E-state index >= 15 is 0 Å². The van der Waals surface area contributed by atoms with E-state index in [9.17, 15) is 0 Å². The maximum Gasteiger partial charge on any atom is 0.0669 e. The first-order valence-electron chi connectivity index (χ1n) is 3.67. The SMILES string of the molecule is N#CC1CCCCC1C#N. The van der Waals surface area contributed by atoms with Crippen molar-refractivity contribution in [1.82, 2.24) is 0 Å². The number of nitriles is 2. The maximum absolute atomic E-state index is 8.59. The van der Waals surface area contributed by atoms with Crippen molar-refractivity contribution >= 4 is 0 Å². The van der Waals surface area contributed by atoms with Crippen LogP contribution in [0.3, 0.4) is 0 Å². The Bertz CT molecular complexity index is 162. The van der Waals surface area contributed by atoms with E-state index in [0.717, 1.165) is 25.7 Å². The summed E-state index contributed by atoms with van der Waals surface area (Å²) in [7, 11) is 0. The second kappa shape index (κ2) is 3.22. The second-order valence-electron chi connectivity index (χ2n) is 2.76. The van der Waals surface area contributed by atoms with Crippen molar-refractivity contribution in [1.29, 1.82) is 10.5 Å². The highest BCUT2D eigenvalue weighted by Crippen LogP contribution is 2.28. The highest BCUT2D eigenvalue weighted by molar-refractivity contribution is 4.99. The Labute approximate surface area is 61.1 Å². The summed E-state index contributed by atoms with van der Waals surface area (Å²) < 4.78 is 0. The van der Waals surface area contributed by atoms with Crippen molar-refractivity contribution in [2.24, 2.45) is 11.8 Å². The Balaban J connectivity index is 2.54. The van der Waals surface area contributed by atoms with Gasteiger partial charge in [-0.15, -0.1) is 0 Å². The lowest BCUT2D eigenvalue weighted by atomic mass is 9.81. The Hall–Kier alpha value is -1.02. The molecule has 0 N–H and O–H groups in total. The van der Waals surface area contributed by atoms with Crippen LogP contribution in [0.25, 0.3) is 0 Å². The van der Waals surface area contributed by atoms with Gasteiger partial charge in [-0.05, 0) is 12.8 Å². The largest absolute Gasteiger partial charge is 0.198 e. The molecule has 1 saturated carbocycles. The van der Waals surface area contributed by atoms with Gasteiger partial charge in [-0.3, -0.25) is 0 Å². The van der Waals surface area contributed by atoms with Gasteiger partial charge in [0.15, 0.2) is 0 Å². The van der Waals surface area contributed by atoms with Gasteiger partial charge in [-0.2, -0.15) is 10.5 Å². The summed E-state index contributed by atoms with van der Waals surface area (Å²) in [6, 6.07) is 4.36. The van der Waals surface area contributed by atoms with E-state index in [0.29, 0.717) is 0 Å². The van der Waals surface area contributed by atoms with E-state index in [2.05, 4.69) is 12.1 Å². The normalized spacial score (nSPS) is 32.2. The summed E-state index contributed by atoms with van der Waals surface area (Å²) in [6.45, 7) is 0. The molecular weight excluding hydrogens is 124 g/mol. The van der Waals surface area contributed by atoms with Crippen LogP contribution in [-0.4, -0.2) is 0 Å². The van der Waals surface area contributed by atoms with Gasteiger partial charge in [0.1, 0.15) is 0 Å². The molecule has 0 radical (unpaired) electrons. The lowest BCUT2D eigenvalue weighted by Crippen LogP contribution is -2.15. The predicted molar refractivity (Wildman–Crippen MR) is 36.7 cm³/mol. The second-order valence-corrected chi connectivity index (χ2v) is 2.76. The molecular formula is C8H10N2. The van der Waals surface area contributed by atoms with Crippen LogP contribution in [-0.2, 0) is 0 Å². The van der Waals surface area contributed by atoms with Crippen molar-refractivity contribution in [3.05, 3.63) is 0 Å². The molecule has 0 saturated heterocycles. The van der Waals surface area contributed by atoms with Crippen LogP contribution in [0.5, 0.6) is 0 Å². The third kappa shape index (κ3) is 1.28. The fraction of sp³-hybridized carbons (Fsp3) is 0.750. The molecule has 0 amide bonds. The van der Waals surface area contributed by atoms with Gasteiger partial charge in [0, 0.05) is 0 Å². The topological polar surface area (TPSA) is 47.6 Å². The standard InChI is InChI=1S/C8H10N2/c9-5-7-3-1-2-4-8(7)6-10/h7-8H,1-4H2. The van der Waals surface area contributed by atoms with Crippen molar-refractivity contribution in [2.45, 2.75) is 25.7 Å². The van der Waals surface area contributed by atoms with Crippen LogP contribution in [0, 0.1) is 34.5 Å². The Morgan fingerprint density at radius 1 is 0.900 bits per heavy atom. The Kier molecular flexibility index (Phi) is 2.29. The highest BCUT2D eigenvalue weighted by atomic mass is 14.4. The minimum absolute atomic E-state index is 0.0127. The Morgan fingerprint density at radius 2 is 1.30 bits per heavy atom. The smallest absolute Gasteiger partial charge is 0.0669 e. The van der Waals surface area contributed by atoms with Crippen LogP contribution in [0.2, 0.25) is 0 Å². The van der Waals surface area contributed by atoms with Crippen LogP contribution in [0.15, 0.2) is 0 Å². The van der Waals surface area contributed by atoms with Gasteiger partial charge in [0.25, 0.3) is 0 Å². The van der Waals surface area contributed by atoms with E-state index in [1.54, 1.807) is 0 Å². The van der Waals surface area contributed by atoms with Gasteiger partial charge in [0.2, 0.25) is 0 Å². The van der Waals surface area contributed by atoms with E-state index in [-0.39, 0.29) is 11.8 Å². The number of nitrogens with zero attached hydrogens (tertiary/aromatic N) is 2. The van der Waals surface area contributed by atoms with Crippen LogP contribution in [0.1, 0.15) is 25.7 Å². The molecule has 1 rings (SSSR count). The molecule has 0 spiro atoms. The average Bonchev–Trinajstić information content (AvgIpc) is 2.04. The van der Waals surface area contributed by atoms with E-state index < -0.39 is 0 Å². The van der Waals surface area contributed by atoms with Gasteiger partial charge in [-0.1, -0.05) is 12.8 Å². The van der Waals surface area contributed by atoms with Crippen LogP contribution < -0.4 is 0 Å². The molecule has 52 valence electrons. The molecule has 0 aromatic heterocycles. The van der Waals surface area contributed by atoms with Crippen molar-refractivity contribution in [3.8, 4) is 12.1 Å². The zero-order chi connectivity index (χ0) is 7.40. The first-order valence-corrected chi connectivity index (χ1v) is 3.67. The summed E-state index contributed by atoms with van der Waals surface area (Å²) in [5.41, 5.74) is 0. The summed E-state index contributed by atoms with van der Waals surface area (Å²) in [5.74, 6) is 0.0255. The fourth-order valence-electron chi connectivity index (χ4n) is 1.44. The average molecular weight is 134 g/mol. The molecule has 0 aromatic carbocycles. The molecule has 2 nitrogen and oxygen atoms in total. The molecule has 2 heteroatoms. The first kappa shape index (κ1) is 7.09. The molecule has 10 heavy (non-hydrogen) atoms. The summed E-state index contributed by atoms with van der Waals surface area (Å²) in [4.78, 5) is 0. The summed E-state index contributed by atoms with van der Waals surface area (Å²) in [5, 5.41) is 17.2. The monoisotopic (exact) mass is 134 g/mol. The summed E-state index contributed by atoms with van der Waals surface area (Å²) in [6.07, 6.45) is 4.09. The van der Waals surface area contributed by atoms with E-state index in [4.69, 9.17) is 10.5 Å². The number of hydrogen-bond acceptors (Lipinski definition) is 2. The lowest BCUT2D eigenvalue weighted by Gasteiger charge is -2.19. The van der Waals surface area contributed by atoms with E-state index in [1.165, 1.54) is 0 Å². The third-order valence-electron chi connectivity index (χ3n) is 2.10. The zero-order valence-corrected chi connectivity index (χ0v) is 5.88. The Morgan fingerprint density at radius 3 is 1.60 bits per heavy atom. The fourth-order valence-corrected chi connectivity index (χ4v) is 1.44. The third-order valence-corrected chi connectivity index (χ3v) is 2.10. The first-order chi connectivity index (χ1) is 4.88. The van der Waals surface area contributed by atoms with Crippen molar-refractivity contribution < 1.29 is 0 Å². The van der Waals surface area contributed by atoms with E-state index in [1.807, 2.05) is 0 Å². The molecule has 0 aromatic rings. The van der Waals surface area contributed by atoms with Gasteiger partial charge in [-0.25, -0.2) is 0 Å². The molecule has 1 fully saturated rings.